The van der Waals surface area contributed by atoms with Gasteiger partial charge >= 0.3 is 0 Å². The molecule has 68 valence electrons. The molecule has 1 rings (SSSR count). The van der Waals surface area contributed by atoms with Crippen LogP contribution in [-0.4, -0.2) is 19.0 Å². The molecule has 0 aromatic carbocycles. The molecular weight excluding hydrogens is 192 g/mol. The summed E-state index contributed by atoms with van der Waals surface area (Å²) in [5, 5.41) is 0.805. The molecule has 0 spiro atoms. The first-order valence-electron chi connectivity index (χ1n) is 3.75. The van der Waals surface area contributed by atoms with Crippen LogP contribution in [0.1, 0.15) is 9.75 Å². The maximum absolute atomic E-state index is 5.94. The van der Waals surface area contributed by atoms with Crippen LogP contribution in [0.5, 0.6) is 0 Å². The zero-order chi connectivity index (χ0) is 9.14. The van der Waals surface area contributed by atoms with Crippen LogP contribution >= 0.6 is 22.9 Å². The van der Waals surface area contributed by atoms with Gasteiger partial charge in [-0.15, -0.1) is 11.3 Å². The minimum atomic E-state index is 0.539. The summed E-state index contributed by atoms with van der Waals surface area (Å²) >= 11 is 7.63. The Bertz CT molecular complexity index is 258. The van der Waals surface area contributed by atoms with Crippen molar-refractivity contribution in [3.63, 3.8) is 0 Å². The predicted molar refractivity (Wildman–Crippen MR) is 54.6 cm³/mol. The third-order valence-corrected chi connectivity index (χ3v) is 3.06. The number of hydrogen-bond acceptors (Lipinski definition) is 3. The molecule has 2 N–H and O–H groups in total. The second-order valence-electron chi connectivity index (χ2n) is 2.93. The molecule has 1 heterocycles. The molecule has 0 aliphatic rings. The fourth-order valence-corrected chi connectivity index (χ4v) is 2.43. The van der Waals surface area contributed by atoms with Crippen molar-refractivity contribution in [1.82, 2.24) is 4.90 Å². The van der Waals surface area contributed by atoms with E-state index in [4.69, 9.17) is 17.3 Å². The summed E-state index contributed by atoms with van der Waals surface area (Å²) in [6.07, 6.45) is 0. The molecule has 0 amide bonds. The number of rotatable bonds is 3. The molecular formula is C8H13ClN2S. The fraction of sp³-hybridized carbons (Fsp3) is 0.500. The van der Waals surface area contributed by atoms with Gasteiger partial charge in [0.2, 0.25) is 0 Å². The lowest BCUT2D eigenvalue weighted by Crippen LogP contribution is -2.09. The lowest BCUT2D eigenvalue weighted by atomic mass is 10.4. The molecule has 2 nitrogen and oxygen atoms in total. The van der Waals surface area contributed by atoms with Gasteiger partial charge < -0.3 is 10.6 Å². The van der Waals surface area contributed by atoms with Crippen molar-refractivity contribution < 1.29 is 0 Å². The van der Waals surface area contributed by atoms with E-state index in [0.717, 1.165) is 16.4 Å². The van der Waals surface area contributed by atoms with E-state index in [-0.39, 0.29) is 0 Å². The summed E-state index contributed by atoms with van der Waals surface area (Å²) in [5.74, 6) is 0. The van der Waals surface area contributed by atoms with E-state index in [9.17, 15) is 0 Å². The first kappa shape index (κ1) is 9.99. The van der Waals surface area contributed by atoms with Crippen LogP contribution in [0.15, 0.2) is 6.07 Å². The SMILES string of the molecule is CN(C)Cc1cc(Cl)c(CN)s1. The highest BCUT2D eigenvalue weighted by Crippen LogP contribution is 2.26. The smallest absolute Gasteiger partial charge is 0.0561 e. The second-order valence-corrected chi connectivity index (χ2v) is 4.55. The van der Waals surface area contributed by atoms with Crippen molar-refractivity contribution in [2.24, 2.45) is 5.73 Å². The van der Waals surface area contributed by atoms with Crippen LogP contribution in [0.3, 0.4) is 0 Å². The molecule has 12 heavy (non-hydrogen) atoms. The van der Waals surface area contributed by atoms with Crippen LogP contribution in [0.2, 0.25) is 5.02 Å². The summed E-state index contributed by atoms with van der Waals surface area (Å²) in [6.45, 7) is 1.47. The maximum Gasteiger partial charge on any atom is 0.0561 e. The highest BCUT2D eigenvalue weighted by Gasteiger charge is 2.05. The predicted octanol–water partition coefficient (Wildman–Crippen LogP) is 1.92. The highest BCUT2D eigenvalue weighted by atomic mass is 35.5. The van der Waals surface area contributed by atoms with Crippen LogP contribution in [0.25, 0.3) is 0 Å². The average molecular weight is 205 g/mol. The molecule has 0 saturated heterocycles. The van der Waals surface area contributed by atoms with Crippen molar-refractivity contribution in [2.45, 2.75) is 13.1 Å². The Morgan fingerprint density at radius 2 is 2.25 bits per heavy atom. The summed E-state index contributed by atoms with van der Waals surface area (Å²) in [6, 6.07) is 1.99. The van der Waals surface area contributed by atoms with Crippen molar-refractivity contribution >= 4 is 22.9 Å². The first-order valence-corrected chi connectivity index (χ1v) is 4.95. The van der Waals surface area contributed by atoms with E-state index < -0.39 is 0 Å². The van der Waals surface area contributed by atoms with Gasteiger partial charge in [0.25, 0.3) is 0 Å². The largest absolute Gasteiger partial charge is 0.326 e. The zero-order valence-corrected chi connectivity index (χ0v) is 8.87. The molecule has 0 fully saturated rings. The number of thiophene rings is 1. The summed E-state index contributed by atoms with van der Waals surface area (Å²) in [5.41, 5.74) is 5.51. The first-order chi connectivity index (χ1) is 5.63. The molecule has 0 aliphatic carbocycles. The van der Waals surface area contributed by atoms with Gasteiger partial charge in [0, 0.05) is 22.8 Å². The van der Waals surface area contributed by atoms with Crippen LogP contribution in [0, 0.1) is 0 Å². The lowest BCUT2D eigenvalue weighted by Gasteiger charge is -2.05. The van der Waals surface area contributed by atoms with Crippen LogP contribution in [-0.2, 0) is 13.1 Å². The summed E-state index contributed by atoms with van der Waals surface area (Å²) in [7, 11) is 4.07. The van der Waals surface area contributed by atoms with Gasteiger partial charge in [0.1, 0.15) is 0 Å². The minimum absolute atomic E-state index is 0.539. The molecule has 0 saturated carbocycles. The molecule has 0 aliphatic heterocycles. The van der Waals surface area contributed by atoms with E-state index in [1.165, 1.54) is 4.88 Å². The van der Waals surface area contributed by atoms with Gasteiger partial charge in [-0.2, -0.15) is 0 Å². The molecule has 0 radical (unpaired) electrons. The Hall–Kier alpha value is -0.0900. The molecule has 1 aromatic heterocycles. The summed E-state index contributed by atoms with van der Waals surface area (Å²) in [4.78, 5) is 4.46. The highest BCUT2D eigenvalue weighted by molar-refractivity contribution is 7.12. The van der Waals surface area contributed by atoms with Gasteiger partial charge in [-0.1, -0.05) is 11.6 Å². The molecule has 0 atom stereocenters. The van der Waals surface area contributed by atoms with E-state index in [1.807, 2.05) is 20.2 Å². The standard InChI is InChI=1S/C8H13ClN2S/c1-11(2)5-6-3-7(9)8(4-10)12-6/h3H,4-5,10H2,1-2H3. The number of nitrogens with two attached hydrogens (primary N) is 1. The van der Waals surface area contributed by atoms with Crippen molar-refractivity contribution in [3.05, 3.63) is 20.8 Å². The Labute approximate surface area is 81.9 Å². The van der Waals surface area contributed by atoms with Crippen molar-refractivity contribution in [2.75, 3.05) is 14.1 Å². The number of nitrogens with zero attached hydrogens (tertiary/aromatic N) is 1. The molecule has 0 unspecified atom stereocenters. The van der Waals surface area contributed by atoms with E-state index in [2.05, 4.69) is 4.90 Å². The number of halogens is 1. The Kier molecular flexibility index (Phi) is 3.53. The maximum atomic E-state index is 5.94. The Morgan fingerprint density at radius 3 is 2.67 bits per heavy atom. The van der Waals surface area contributed by atoms with Crippen molar-refractivity contribution in [3.8, 4) is 0 Å². The monoisotopic (exact) mass is 204 g/mol. The van der Waals surface area contributed by atoms with Gasteiger partial charge in [-0.05, 0) is 20.2 Å². The molecule has 4 heteroatoms. The van der Waals surface area contributed by atoms with Gasteiger partial charge in [-0.3, -0.25) is 0 Å². The van der Waals surface area contributed by atoms with Gasteiger partial charge in [0.05, 0.1) is 5.02 Å². The topological polar surface area (TPSA) is 29.3 Å². The normalized spacial score (nSPS) is 11.1. The van der Waals surface area contributed by atoms with E-state index in [1.54, 1.807) is 11.3 Å². The number of hydrogen-bond donors (Lipinski definition) is 1. The average Bonchev–Trinajstić information content (AvgIpc) is 2.29. The second kappa shape index (κ2) is 4.23. The van der Waals surface area contributed by atoms with Crippen molar-refractivity contribution in [1.29, 1.82) is 0 Å². The zero-order valence-electron chi connectivity index (χ0n) is 7.30. The molecule has 1 aromatic rings. The summed E-state index contributed by atoms with van der Waals surface area (Å²) < 4.78 is 0. The third kappa shape index (κ3) is 2.45. The lowest BCUT2D eigenvalue weighted by molar-refractivity contribution is 0.406. The van der Waals surface area contributed by atoms with Gasteiger partial charge in [-0.25, -0.2) is 0 Å². The van der Waals surface area contributed by atoms with Crippen LogP contribution < -0.4 is 5.73 Å². The quantitative estimate of drug-likeness (QED) is 0.816. The van der Waals surface area contributed by atoms with E-state index >= 15 is 0 Å². The Balaban J connectivity index is 2.75. The molecule has 0 bridgehead atoms. The minimum Gasteiger partial charge on any atom is -0.326 e. The van der Waals surface area contributed by atoms with E-state index in [0.29, 0.717) is 6.54 Å². The van der Waals surface area contributed by atoms with Gasteiger partial charge in [0.15, 0.2) is 0 Å². The third-order valence-electron chi connectivity index (χ3n) is 1.47. The Morgan fingerprint density at radius 1 is 1.58 bits per heavy atom. The fourth-order valence-electron chi connectivity index (χ4n) is 0.987. The van der Waals surface area contributed by atoms with Crippen LogP contribution in [0.4, 0.5) is 0 Å².